The van der Waals surface area contributed by atoms with Gasteiger partial charge in [-0.3, -0.25) is 14.9 Å². The molecule has 0 saturated heterocycles. The number of carbonyl (C=O) groups is 2. The number of likely N-dealkylation sites (N-methyl/N-ethyl adjacent to an activating group) is 1. The normalized spacial score (nSPS) is 13.7. The van der Waals surface area contributed by atoms with Gasteiger partial charge in [0, 0.05) is 19.6 Å². The van der Waals surface area contributed by atoms with E-state index < -0.39 is 0 Å². The molecular weight excluding hydrogens is 254 g/mol. The Labute approximate surface area is 123 Å². The third-order valence-corrected chi connectivity index (χ3v) is 3.42. The summed E-state index contributed by atoms with van der Waals surface area (Å²) in [6, 6.07) is -0.697. The lowest BCUT2D eigenvalue weighted by atomic mass is 10.2. The number of nitrogens with zero attached hydrogens (tertiary/aromatic N) is 1. The van der Waals surface area contributed by atoms with Gasteiger partial charge in [-0.2, -0.15) is 0 Å². The zero-order valence-electron chi connectivity index (χ0n) is 13.7. The SMILES string of the molecule is CCCCCNC(=O)C(C)NC(C)C(=O)N(CC)CC. The molecule has 5 heteroatoms. The highest BCUT2D eigenvalue weighted by molar-refractivity contribution is 5.84. The summed E-state index contributed by atoms with van der Waals surface area (Å²) in [5, 5.41) is 5.96. The molecule has 2 atom stereocenters. The Balaban J connectivity index is 4.13. The lowest BCUT2D eigenvalue weighted by molar-refractivity contribution is -0.133. The monoisotopic (exact) mass is 285 g/mol. The molecule has 0 aromatic rings. The van der Waals surface area contributed by atoms with E-state index in [0.717, 1.165) is 19.3 Å². The van der Waals surface area contributed by atoms with Gasteiger partial charge in [0.05, 0.1) is 12.1 Å². The second-order valence-corrected chi connectivity index (χ2v) is 5.12. The van der Waals surface area contributed by atoms with Gasteiger partial charge < -0.3 is 10.2 Å². The van der Waals surface area contributed by atoms with Crippen molar-refractivity contribution in [2.24, 2.45) is 0 Å². The van der Waals surface area contributed by atoms with Gasteiger partial charge in [-0.1, -0.05) is 19.8 Å². The van der Waals surface area contributed by atoms with Crippen LogP contribution in [0.5, 0.6) is 0 Å². The van der Waals surface area contributed by atoms with Crippen molar-refractivity contribution in [2.45, 2.75) is 66.0 Å². The molecule has 0 aliphatic heterocycles. The molecule has 2 amide bonds. The summed E-state index contributed by atoms with van der Waals surface area (Å²) in [7, 11) is 0. The van der Waals surface area contributed by atoms with Crippen molar-refractivity contribution >= 4 is 11.8 Å². The number of nitrogens with one attached hydrogen (secondary N) is 2. The number of rotatable bonds is 10. The van der Waals surface area contributed by atoms with Crippen LogP contribution >= 0.6 is 0 Å². The summed E-state index contributed by atoms with van der Waals surface area (Å²) >= 11 is 0. The van der Waals surface area contributed by atoms with Gasteiger partial charge in [0.25, 0.3) is 0 Å². The van der Waals surface area contributed by atoms with Crippen LogP contribution in [0.2, 0.25) is 0 Å². The quantitative estimate of drug-likeness (QED) is 0.598. The van der Waals surface area contributed by atoms with Gasteiger partial charge in [0.2, 0.25) is 11.8 Å². The number of amides is 2. The predicted octanol–water partition coefficient (Wildman–Crippen LogP) is 1.53. The molecule has 118 valence electrons. The Morgan fingerprint density at radius 2 is 1.60 bits per heavy atom. The van der Waals surface area contributed by atoms with Gasteiger partial charge in [-0.05, 0) is 34.1 Å². The molecule has 0 heterocycles. The summed E-state index contributed by atoms with van der Waals surface area (Å²) in [5.74, 6) is 0.000864. The first kappa shape index (κ1) is 18.9. The molecule has 0 aromatic heterocycles. The molecule has 0 aliphatic carbocycles. The minimum atomic E-state index is -0.355. The predicted molar refractivity (Wildman–Crippen MR) is 82.5 cm³/mol. The van der Waals surface area contributed by atoms with Crippen molar-refractivity contribution in [2.75, 3.05) is 19.6 Å². The molecule has 20 heavy (non-hydrogen) atoms. The van der Waals surface area contributed by atoms with Crippen LogP contribution in [0, 0.1) is 0 Å². The average molecular weight is 285 g/mol. The first-order valence-electron chi connectivity index (χ1n) is 7.80. The molecule has 0 rings (SSSR count). The number of hydrogen-bond acceptors (Lipinski definition) is 3. The van der Waals surface area contributed by atoms with Crippen LogP contribution in [-0.2, 0) is 9.59 Å². The summed E-state index contributed by atoms with van der Waals surface area (Å²) in [6.45, 7) is 11.7. The maximum Gasteiger partial charge on any atom is 0.239 e. The standard InChI is InChI=1S/C15H31N3O2/c1-6-9-10-11-16-14(19)12(4)17-13(5)15(20)18(7-2)8-3/h12-13,17H,6-11H2,1-5H3,(H,16,19). The second-order valence-electron chi connectivity index (χ2n) is 5.12. The van der Waals surface area contributed by atoms with E-state index in [9.17, 15) is 9.59 Å². The smallest absolute Gasteiger partial charge is 0.239 e. The van der Waals surface area contributed by atoms with E-state index in [0.29, 0.717) is 19.6 Å². The van der Waals surface area contributed by atoms with E-state index in [1.807, 2.05) is 20.8 Å². The molecule has 0 bridgehead atoms. The molecule has 0 radical (unpaired) electrons. The molecule has 0 aliphatic rings. The van der Waals surface area contributed by atoms with Crippen LogP contribution < -0.4 is 10.6 Å². The van der Waals surface area contributed by atoms with Crippen molar-refractivity contribution in [1.29, 1.82) is 0 Å². The van der Waals surface area contributed by atoms with Crippen molar-refractivity contribution < 1.29 is 9.59 Å². The van der Waals surface area contributed by atoms with E-state index in [4.69, 9.17) is 0 Å². The van der Waals surface area contributed by atoms with Crippen LogP contribution in [0.1, 0.15) is 53.9 Å². The average Bonchev–Trinajstić information content (AvgIpc) is 2.44. The summed E-state index contributed by atoms with van der Waals surface area (Å²) in [4.78, 5) is 25.7. The van der Waals surface area contributed by atoms with Crippen LogP contribution in [0.25, 0.3) is 0 Å². The van der Waals surface area contributed by atoms with Gasteiger partial charge in [0.15, 0.2) is 0 Å². The Bertz CT molecular complexity index is 291. The maximum absolute atomic E-state index is 12.1. The molecule has 0 spiro atoms. The molecule has 2 N–H and O–H groups in total. The highest BCUT2D eigenvalue weighted by Crippen LogP contribution is 1.97. The zero-order valence-corrected chi connectivity index (χ0v) is 13.7. The molecule has 5 nitrogen and oxygen atoms in total. The van der Waals surface area contributed by atoms with Gasteiger partial charge in [0.1, 0.15) is 0 Å². The van der Waals surface area contributed by atoms with E-state index >= 15 is 0 Å². The third kappa shape index (κ3) is 6.89. The summed E-state index contributed by atoms with van der Waals surface area (Å²) in [5.41, 5.74) is 0. The number of unbranched alkanes of at least 4 members (excludes halogenated alkanes) is 2. The highest BCUT2D eigenvalue weighted by atomic mass is 16.2. The van der Waals surface area contributed by atoms with Crippen LogP contribution in [-0.4, -0.2) is 48.4 Å². The summed E-state index contributed by atoms with van der Waals surface area (Å²) < 4.78 is 0. The Kier molecular flexibility index (Phi) is 10.1. The topological polar surface area (TPSA) is 61.4 Å². The Hall–Kier alpha value is -1.10. The Morgan fingerprint density at radius 1 is 1.00 bits per heavy atom. The minimum Gasteiger partial charge on any atom is -0.355 e. The van der Waals surface area contributed by atoms with E-state index in [2.05, 4.69) is 17.6 Å². The fourth-order valence-electron chi connectivity index (χ4n) is 2.07. The lowest BCUT2D eigenvalue weighted by Crippen LogP contribution is -2.52. The van der Waals surface area contributed by atoms with E-state index in [1.165, 1.54) is 0 Å². The first-order valence-corrected chi connectivity index (χ1v) is 7.80. The number of carbonyl (C=O) groups excluding carboxylic acids is 2. The van der Waals surface area contributed by atoms with Gasteiger partial charge in [-0.15, -0.1) is 0 Å². The van der Waals surface area contributed by atoms with Crippen molar-refractivity contribution in [3.63, 3.8) is 0 Å². The van der Waals surface area contributed by atoms with Crippen molar-refractivity contribution in [3.8, 4) is 0 Å². The molecule has 0 saturated carbocycles. The molecule has 0 fully saturated rings. The molecule has 2 unspecified atom stereocenters. The second kappa shape index (κ2) is 10.7. The van der Waals surface area contributed by atoms with Gasteiger partial charge >= 0.3 is 0 Å². The van der Waals surface area contributed by atoms with Crippen molar-refractivity contribution in [3.05, 3.63) is 0 Å². The molecular formula is C15H31N3O2. The van der Waals surface area contributed by atoms with Crippen molar-refractivity contribution in [1.82, 2.24) is 15.5 Å². The maximum atomic E-state index is 12.1. The van der Waals surface area contributed by atoms with E-state index in [1.54, 1.807) is 11.8 Å². The third-order valence-electron chi connectivity index (χ3n) is 3.42. The fourth-order valence-corrected chi connectivity index (χ4v) is 2.07. The zero-order chi connectivity index (χ0) is 15.5. The Morgan fingerprint density at radius 3 is 2.10 bits per heavy atom. The van der Waals surface area contributed by atoms with Crippen LogP contribution in [0.15, 0.2) is 0 Å². The van der Waals surface area contributed by atoms with E-state index in [-0.39, 0.29) is 23.9 Å². The largest absolute Gasteiger partial charge is 0.355 e. The first-order chi connectivity index (χ1) is 9.47. The summed E-state index contributed by atoms with van der Waals surface area (Å²) in [6.07, 6.45) is 3.26. The molecule has 0 aromatic carbocycles. The lowest BCUT2D eigenvalue weighted by Gasteiger charge is -2.25. The number of hydrogen-bond donors (Lipinski definition) is 2. The highest BCUT2D eigenvalue weighted by Gasteiger charge is 2.22. The van der Waals surface area contributed by atoms with Crippen LogP contribution in [0.3, 0.4) is 0 Å². The minimum absolute atomic E-state index is 0.0414. The fraction of sp³-hybridized carbons (Fsp3) is 0.867. The van der Waals surface area contributed by atoms with Gasteiger partial charge in [-0.25, -0.2) is 0 Å². The van der Waals surface area contributed by atoms with Crippen LogP contribution in [0.4, 0.5) is 0 Å².